The third-order valence-corrected chi connectivity index (χ3v) is 4.36. The van der Waals surface area contributed by atoms with Gasteiger partial charge in [0.15, 0.2) is 11.6 Å². The fourth-order valence-corrected chi connectivity index (χ4v) is 2.86. The van der Waals surface area contributed by atoms with E-state index in [-0.39, 0.29) is 24.1 Å². The average Bonchev–Trinajstić information content (AvgIpc) is 2.65. The van der Waals surface area contributed by atoms with Gasteiger partial charge in [0.25, 0.3) is 11.5 Å². The third kappa shape index (κ3) is 3.81. The van der Waals surface area contributed by atoms with Crippen LogP contribution in [-0.2, 0) is 6.42 Å². The molecule has 0 spiro atoms. The summed E-state index contributed by atoms with van der Waals surface area (Å²) >= 11 is 0. The van der Waals surface area contributed by atoms with Gasteiger partial charge in [0.2, 0.25) is 0 Å². The van der Waals surface area contributed by atoms with E-state index in [0.717, 1.165) is 23.1 Å². The van der Waals surface area contributed by atoms with Gasteiger partial charge in [0.05, 0.1) is 12.6 Å². The molecule has 0 radical (unpaired) electrons. The standard InChI is InChI=1S/C20H18F2N2O3/c1-11-3-6-17(27-2)18-14(11)9-13(20(26)24-18)7-8-23-19(25)12-4-5-15(21)16(22)10-12/h3-6,9-10H,7-8H2,1-2H3,(H,23,25)(H,24,26). The zero-order valence-corrected chi connectivity index (χ0v) is 14.9. The fourth-order valence-electron chi connectivity index (χ4n) is 2.86. The number of benzene rings is 2. The van der Waals surface area contributed by atoms with Crippen LogP contribution < -0.4 is 15.6 Å². The number of methoxy groups -OCH3 is 1. The van der Waals surface area contributed by atoms with Gasteiger partial charge in [0, 0.05) is 23.1 Å². The molecule has 0 unspecified atom stereocenters. The Morgan fingerprint density at radius 1 is 1.15 bits per heavy atom. The molecule has 2 aromatic carbocycles. The molecule has 1 heterocycles. The highest BCUT2D eigenvalue weighted by Gasteiger charge is 2.11. The first-order valence-electron chi connectivity index (χ1n) is 8.33. The Balaban J connectivity index is 1.76. The fraction of sp³-hybridized carbons (Fsp3) is 0.200. The summed E-state index contributed by atoms with van der Waals surface area (Å²) in [5, 5.41) is 3.46. The van der Waals surface area contributed by atoms with Crippen LogP contribution in [0.1, 0.15) is 21.5 Å². The summed E-state index contributed by atoms with van der Waals surface area (Å²) in [6.45, 7) is 2.10. The molecule has 0 fully saturated rings. The normalized spacial score (nSPS) is 10.8. The van der Waals surface area contributed by atoms with Crippen molar-refractivity contribution in [3.05, 3.63) is 75.1 Å². The molecule has 0 aliphatic carbocycles. The summed E-state index contributed by atoms with van der Waals surface area (Å²) in [5.41, 5.74) is 1.85. The van der Waals surface area contributed by atoms with Crippen molar-refractivity contribution in [2.75, 3.05) is 13.7 Å². The SMILES string of the molecule is COc1ccc(C)c2cc(CCNC(=O)c3ccc(F)c(F)c3)c(=O)[nH]c12. The monoisotopic (exact) mass is 372 g/mol. The second kappa shape index (κ2) is 7.57. The van der Waals surface area contributed by atoms with E-state index in [0.29, 0.717) is 16.8 Å². The van der Waals surface area contributed by atoms with E-state index in [1.807, 2.05) is 13.0 Å². The van der Waals surface area contributed by atoms with Crippen molar-refractivity contribution in [3.63, 3.8) is 0 Å². The predicted octanol–water partition coefficient (Wildman–Crippen LogP) is 3.10. The van der Waals surface area contributed by atoms with Crippen molar-refractivity contribution in [1.82, 2.24) is 10.3 Å². The van der Waals surface area contributed by atoms with Gasteiger partial charge in [-0.2, -0.15) is 0 Å². The van der Waals surface area contributed by atoms with Gasteiger partial charge in [-0.05, 0) is 49.2 Å². The number of rotatable bonds is 5. The molecule has 2 N–H and O–H groups in total. The number of hydrogen-bond donors (Lipinski definition) is 2. The van der Waals surface area contributed by atoms with Gasteiger partial charge in [-0.25, -0.2) is 8.78 Å². The summed E-state index contributed by atoms with van der Waals surface area (Å²) in [7, 11) is 1.53. The van der Waals surface area contributed by atoms with Crippen LogP contribution in [0.5, 0.6) is 5.75 Å². The van der Waals surface area contributed by atoms with Crippen LogP contribution in [0, 0.1) is 18.6 Å². The molecule has 0 bridgehead atoms. The third-order valence-electron chi connectivity index (χ3n) is 4.36. The number of carbonyl (C=O) groups excluding carboxylic acids is 1. The highest BCUT2D eigenvalue weighted by molar-refractivity contribution is 5.94. The maximum absolute atomic E-state index is 13.2. The van der Waals surface area contributed by atoms with Crippen molar-refractivity contribution in [2.45, 2.75) is 13.3 Å². The summed E-state index contributed by atoms with van der Waals surface area (Å²) < 4.78 is 31.4. The van der Waals surface area contributed by atoms with Crippen LogP contribution in [0.4, 0.5) is 8.78 Å². The van der Waals surface area contributed by atoms with Gasteiger partial charge >= 0.3 is 0 Å². The minimum Gasteiger partial charge on any atom is -0.495 e. The number of aromatic nitrogens is 1. The van der Waals surface area contributed by atoms with Gasteiger partial charge < -0.3 is 15.0 Å². The first kappa shape index (κ1) is 18.6. The average molecular weight is 372 g/mol. The number of halogens is 2. The van der Waals surface area contributed by atoms with E-state index in [1.165, 1.54) is 13.2 Å². The first-order chi connectivity index (χ1) is 12.9. The number of ether oxygens (including phenoxy) is 1. The molecule has 27 heavy (non-hydrogen) atoms. The zero-order chi connectivity index (χ0) is 19.6. The van der Waals surface area contributed by atoms with E-state index < -0.39 is 17.5 Å². The first-order valence-corrected chi connectivity index (χ1v) is 8.33. The van der Waals surface area contributed by atoms with Crippen molar-refractivity contribution < 1.29 is 18.3 Å². The molecule has 0 atom stereocenters. The number of H-pyrrole nitrogens is 1. The minimum atomic E-state index is -1.09. The van der Waals surface area contributed by atoms with Crippen molar-refractivity contribution in [3.8, 4) is 5.75 Å². The second-order valence-corrected chi connectivity index (χ2v) is 6.13. The van der Waals surface area contributed by atoms with Crippen LogP contribution in [0.3, 0.4) is 0 Å². The molecule has 0 saturated carbocycles. The lowest BCUT2D eigenvalue weighted by molar-refractivity contribution is 0.0953. The molecular formula is C20H18F2N2O3. The van der Waals surface area contributed by atoms with Crippen LogP contribution in [0.2, 0.25) is 0 Å². The number of fused-ring (bicyclic) bond motifs is 1. The maximum atomic E-state index is 13.2. The van der Waals surface area contributed by atoms with Gasteiger partial charge in [-0.3, -0.25) is 9.59 Å². The van der Waals surface area contributed by atoms with E-state index in [9.17, 15) is 18.4 Å². The van der Waals surface area contributed by atoms with Crippen LogP contribution in [0.15, 0.2) is 41.2 Å². The number of pyridine rings is 1. The molecule has 7 heteroatoms. The molecule has 1 aromatic heterocycles. The Labute approximate surface area is 154 Å². The molecule has 1 amide bonds. The molecule has 140 valence electrons. The number of amides is 1. The number of aryl methyl sites for hydroxylation is 1. The van der Waals surface area contributed by atoms with E-state index >= 15 is 0 Å². The Morgan fingerprint density at radius 2 is 1.93 bits per heavy atom. The Bertz CT molecular complexity index is 1080. The van der Waals surface area contributed by atoms with Crippen molar-refractivity contribution >= 4 is 16.8 Å². The summed E-state index contributed by atoms with van der Waals surface area (Å²) in [6, 6.07) is 8.39. The summed E-state index contributed by atoms with van der Waals surface area (Å²) in [6.07, 6.45) is 0.289. The maximum Gasteiger partial charge on any atom is 0.251 e. The number of hydrogen-bond acceptors (Lipinski definition) is 3. The highest BCUT2D eigenvalue weighted by Crippen LogP contribution is 2.25. The van der Waals surface area contributed by atoms with Crippen LogP contribution in [0.25, 0.3) is 10.9 Å². The van der Waals surface area contributed by atoms with Crippen molar-refractivity contribution in [1.29, 1.82) is 0 Å². The molecule has 0 aliphatic heterocycles. The Kier molecular flexibility index (Phi) is 5.21. The van der Waals surface area contributed by atoms with E-state index in [4.69, 9.17) is 4.74 Å². The largest absolute Gasteiger partial charge is 0.495 e. The van der Waals surface area contributed by atoms with Gasteiger partial charge in [-0.15, -0.1) is 0 Å². The highest BCUT2D eigenvalue weighted by atomic mass is 19.2. The van der Waals surface area contributed by atoms with E-state index in [2.05, 4.69) is 10.3 Å². The Morgan fingerprint density at radius 3 is 2.63 bits per heavy atom. The molecule has 0 saturated heterocycles. The molecular weight excluding hydrogens is 354 g/mol. The molecule has 5 nitrogen and oxygen atoms in total. The lowest BCUT2D eigenvalue weighted by Gasteiger charge is -2.10. The number of carbonyl (C=O) groups is 1. The Hall–Kier alpha value is -3.22. The van der Waals surface area contributed by atoms with Crippen LogP contribution in [-0.4, -0.2) is 24.5 Å². The second-order valence-electron chi connectivity index (χ2n) is 6.13. The van der Waals surface area contributed by atoms with E-state index in [1.54, 1.807) is 12.1 Å². The summed E-state index contributed by atoms with van der Waals surface area (Å²) in [5.74, 6) is -2.06. The molecule has 3 aromatic rings. The predicted molar refractivity (Wildman–Crippen MR) is 98.3 cm³/mol. The number of nitrogens with one attached hydrogen (secondary N) is 2. The van der Waals surface area contributed by atoms with Gasteiger partial charge in [-0.1, -0.05) is 6.07 Å². The minimum absolute atomic E-state index is 0.0156. The molecule has 0 aliphatic rings. The lowest BCUT2D eigenvalue weighted by Crippen LogP contribution is -2.27. The lowest BCUT2D eigenvalue weighted by atomic mass is 10.1. The topological polar surface area (TPSA) is 71.2 Å². The zero-order valence-electron chi connectivity index (χ0n) is 14.9. The van der Waals surface area contributed by atoms with Crippen LogP contribution >= 0.6 is 0 Å². The number of aromatic amines is 1. The quantitative estimate of drug-likeness (QED) is 0.723. The summed E-state index contributed by atoms with van der Waals surface area (Å²) in [4.78, 5) is 27.2. The van der Waals surface area contributed by atoms with Crippen molar-refractivity contribution in [2.24, 2.45) is 0 Å². The van der Waals surface area contributed by atoms with Gasteiger partial charge in [0.1, 0.15) is 5.75 Å². The molecule has 3 rings (SSSR count). The smallest absolute Gasteiger partial charge is 0.251 e.